The Morgan fingerprint density at radius 1 is 1.27 bits per heavy atom. The van der Waals surface area contributed by atoms with Crippen LogP contribution in [0.15, 0.2) is 36.4 Å². The van der Waals surface area contributed by atoms with Gasteiger partial charge >= 0.3 is 34.5 Å². The zero-order valence-electron chi connectivity index (χ0n) is 6.55. The molecule has 0 radical (unpaired) electrons. The van der Waals surface area contributed by atoms with E-state index in [2.05, 4.69) is 25.8 Å². The number of hydrogen-bond donors (Lipinski definition) is 0. The van der Waals surface area contributed by atoms with Gasteiger partial charge in [0.2, 0.25) is 0 Å². The molecule has 0 aliphatic rings. The number of halogens is 1. The predicted molar refractivity (Wildman–Crippen MR) is 53.1 cm³/mol. The van der Waals surface area contributed by atoms with Gasteiger partial charge in [0.25, 0.3) is 0 Å². The number of benzene rings is 1. The molecule has 0 nitrogen and oxygen atoms in total. The Labute approximate surface area is 88.9 Å². The average molecular weight is 309 g/mol. The van der Waals surface area contributed by atoms with Crippen LogP contribution in [-0.4, -0.2) is 0 Å². The molecule has 0 amide bonds. The molecule has 1 rings (SSSR count). The topological polar surface area (TPSA) is 0 Å². The molecular formula is C9H9IZn. The molecule has 0 atom stereocenters. The molecule has 1 aromatic rings. The van der Waals surface area contributed by atoms with Crippen molar-refractivity contribution in [1.29, 1.82) is 0 Å². The van der Waals surface area contributed by atoms with Crippen molar-refractivity contribution in [2.24, 2.45) is 0 Å². The SMILES string of the molecule is CC=[C-]c1ccccc1.[Zn+][I]. The van der Waals surface area contributed by atoms with Crippen LogP contribution < -0.4 is 0 Å². The normalized spacial score (nSPS) is 9.09. The van der Waals surface area contributed by atoms with Gasteiger partial charge in [-0.1, -0.05) is 13.0 Å². The molecule has 0 spiro atoms. The summed E-state index contributed by atoms with van der Waals surface area (Å²) < 4.78 is 0. The van der Waals surface area contributed by atoms with E-state index in [4.69, 9.17) is 0 Å². The molecule has 0 fully saturated rings. The maximum absolute atomic E-state index is 3.08. The average Bonchev–Trinajstić information content (AvgIpc) is 2.11. The first kappa shape index (κ1) is 11.3. The van der Waals surface area contributed by atoms with E-state index in [9.17, 15) is 0 Å². The van der Waals surface area contributed by atoms with Crippen molar-refractivity contribution in [1.82, 2.24) is 0 Å². The number of hydrogen-bond acceptors (Lipinski definition) is 0. The van der Waals surface area contributed by atoms with Crippen LogP contribution in [0.25, 0.3) is 0 Å². The molecule has 0 aliphatic heterocycles. The van der Waals surface area contributed by atoms with Gasteiger partial charge in [0.05, 0.1) is 0 Å². The van der Waals surface area contributed by atoms with Crippen LogP contribution in [0.1, 0.15) is 12.5 Å². The van der Waals surface area contributed by atoms with Crippen LogP contribution in [0.3, 0.4) is 0 Å². The van der Waals surface area contributed by atoms with Gasteiger partial charge in [0.1, 0.15) is 0 Å². The van der Waals surface area contributed by atoms with Gasteiger partial charge in [0.15, 0.2) is 0 Å². The second kappa shape index (κ2) is 8.41. The van der Waals surface area contributed by atoms with E-state index >= 15 is 0 Å². The molecule has 0 saturated heterocycles. The summed E-state index contributed by atoms with van der Waals surface area (Å²) in [6.07, 6.45) is 4.99. The van der Waals surface area contributed by atoms with E-state index in [1.807, 2.05) is 43.3 Å². The Kier molecular flexibility index (Phi) is 8.65. The molecule has 0 bridgehead atoms. The third-order valence-electron chi connectivity index (χ3n) is 1.08. The monoisotopic (exact) mass is 308 g/mol. The zero-order chi connectivity index (χ0) is 8.53. The van der Waals surface area contributed by atoms with Crippen molar-refractivity contribution in [3.8, 4) is 0 Å². The van der Waals surface area contributed by atoms with Crippen LogP contribution in [0.5, 0.6) is 0 Å². The van der Waals surface area contributed by atoms with Gasteiger partial charge in [-0.3, -0.25) is 0 Å². The van der Waals surface area contributed by atoms with E-state index in [-0.39, 0.29) is 0 Å². The summed E-state index contributed by atoms with van der Waals surface area (Å²) in [6.45, 7) is 1.97. The van der Waals surface area contributed by atoms with Crippen molar-refractivity contribution < 1.29 is 14.8 Å². The molecule has 0 unspecified atom stereocenters. The van der Waals surface area contributed by atoms with Crippen molar-refractivity contribution in [3.05, 3.63) is 48.0 Å². The van der Waals surface area contributed by atoms with E-state index in [0.717, 1.165) is 5.56 Å². The molecule has 1 aromatic carbocycles. The molecule has 0 saturated carbocycles. The van der Waals surface area contributed by atoms with Crippen molar-refractivity contribution in [2.75, 3.05) is 0 Å². The van der Waals surface area contributed by atoms with Crippen molar-refractivity contribution >= 4 is 19.8 Å². The summed E-state index contributed by atoms with van der Waals surface area (Å²) in [7, 11) is 0. The van der Waals surface area contributed by atoms with Crippen LogP contribution in [0, 0.1) is 6.08 Å². The molecular weight excluding hydrogens is 300 g/mol. The van der Waals surface area contributed by atoms with Gasteiger partial charge in [-0.15, -0.1) is 18.2 Å². The summed E-state index contributed by atoms with van der Waals surface area (Å²) in [4.78, 5) is 0. The minimum absolute atomic E-state index is 1.14. The predicted octanol–water partition coefficient (Wildman–Crippen LogP) is 3.30. The second-order valence-electron chi connectivity index (χ2n) is 1.80. The molecule has 0 heterocycles. The van der Waals surface area contributed by atoms with E-state index in [1.54, 1.807) is 0 Å². The van der Waals surface area contributed by atoms with Gasteiger partial charge in [-0.25, -0.2) is 0 Å². The van der Waals surface area contributed by atoms with Crippen molar-refractivity contribution in [2.45, 2.75) is 6.92 Å². The Balaban J connectivity index is 0.000000461. The molecule has 54 valence electrons. The van der Waals surface area contributed by atoms with Gasteiger partial charge in [-0.05, 0) is 0 Å². The van der Waals surface area contributed by atoms with E-state index < -0.39 is 0 Å². The summed E-state index contributed by atoms with van der Waals surface area (Å²) in [5.74, 6) is 0. The Hall–Kier alpha value is 0.313. The Morgan fingerprint density at radius 2 is 1.82 bits per heavy atom. The maximum atomic E-state index is 3.08. The quantitative estimate of drug-likeness (QED) is 0.424. The standard InChI is InChI=1S/C9H9.HI.Zn/c1-2-6-9-7-4-3-5-8-9;;/h2-5,7-8H,1H3;1H;/q-1;;+2/p-1. The molecule has 0 aliphatic carbocycles. The van der Waals surface area contributed by atoms with Crippen LogP contribution in [0.2, 0.25) is 0 Å². The third kappa shape index (κ3) is 5.57. The van der Waals surface area contributed by atoms with Crippen LogP contribution >= 0.6 is 19.8 Å². The van der Waals surface area contributed by atoms with E-state index in [0.29, 0.717) is 0 Å². The third-order valence-corrected chi connectivity index (χ3v) is 1.08. The van der Waals surface area contributed by atoms with Crippen LogP contribution in [0.4, 0.5) is 0 Å². The fourth-order valence-corrected chi connectivity index (χ4v) is 0.701. The molecule has 2 heteroatoms. The van der Waals surface area contributed by atoms with Gasteiger partial charge in [0, 0.05) is 0 Å². The summed E-state index contributed by atoms with van der Waals surface area (Å²) >= 11 is 3.62. The fourth-order valence-electron chi connectivity index (χ4n) is 0.701. The van der Waals surface area contributed by atoms with E-state index in [1.165, 1.54) is 14.8 Å². The Morgan fingerprint density at radius 3 is 2.27 bits per heavy atom. The Bertz CT molecular complexity index is 194. The summed E-state index contributed by atoms with van der Waals surface area (Å²) in [5.41, 5.74) is 1.14. The first-order chi connectivity index (χ1) is 5.43. The van der Waals surface area contributed by atoms with Crippen LogP contribution in [-0.2, 0) is 14.8 Å². The van der Waals surface area contributed by atoms with Gasteiger partial charge < -0.3 is 0 Å². The molecule has 11 heavy (non-hydrogen) atoms. The minimum atomic E-state index is 1.14. The first-order valence-corrected chi connectivity index (χ1v) is 12.3. The molecule has 0 N–H and O–H groups in total. The number of allylic oxidation sites excluding steroid dienone is 1. The summed E-state index contributed by atoms with van der Waals surface area (Å²) in [5, 5.41) is 0. The second-order valence-corrected chi connectivity index (χ2v) is 1.80. The summed E-state index contributed by atoms with van der Waals surface area (Å²) in [6, 6.07) is 10.1. The fraction of sp³-hybridized carbons (Fsp3) is 0.111. The first-order valence-electron chi connectivity index (χ1n) is 3.29. The molecule has 0 aromatic heterocycles. The zero-order valence-corrected chi connectivity index (χ0v) is 11.7. The van der Waals surface area contributed by atoms with Gasteiger partial charge in [-0.2, -0.15) is 23.8 Å². The van der Waals surface area contributed by atoms with Crippen molar-refractivity contribution in [3.63, 3.8) is 0 Å². The number of rotatable bonds is 1.